The van der Waals surface area contributed by atoms with Gasteiger partial charge in [0.2, 0.25) is 10.0 Å². The first kappa shape index (κ1) is 14.2. The van der Waals surface area contributed by atoms with Crippen molar-refractivity contribution in [2.75, 3.05) is 32.7 Å². The molecule has 0 atom stereocenters. The Balaban J connectivity index is 2.12. The molecule has 0 radical (unpaired) electrons. The van der Waals surface area contributed by atoms with Gasteiger partial charge < -0.3 is 0 Å². The number of nitrogens with zero attached hydrogens (tertiary/aromatic N) is 2. The summed E-state index contributed by atoms with van der Waals surface area (Å²) in [5.41, 5.74) is 0. The molecule has 4 nitrogen and oxygen atoms in total. The molecular weight excluding hydrogens is 267 g/mol. The van der Waals surface area contributed by atoms with Crippen molar-refractivity contribution in [2.24, 2.45) is 0 Å². The van der Waals surface area contributed by atoms with E-state index in [2.05, 4.69) is 11.5 Å². The molecule has 0 amide bonds. The van der Waals surface area contributed by atoms with Gasteiger partial charge in [0, 0.05) is 32.7 Å². The molecule has 1 aromatic rings. The first-order valence-electron chi connectivity index (χ1n) is 6.13. The van der Waals surface area contributed by atoms with Gasteiger partial charge in [-0.25, -0.2) is 12.8 Å². The van der Waals surface area contributed by atoms with E-state index in [4.69, 9.17) is 0 Å². The van der Waals surface area contributed by atoms with Crippen molar-refractivity contribution < 1.29 is 12.8 Å². The van der Waals surface area contributed by atoms with Crippen LogP contribution in [0.3, 0.4) is 0 Å². The van der Waals surface area contributed by atoms with Crippen LogP contribution in [0, 0.1) is 5.82 Å². The fraction of sp³-hybridized carbons (Fsp3) is 0.385. The normalized spacial score (nSPS) is 18.4. The molecule has 1 aliphatic rings. The summed E-state index contributed by atoms with van der Waals surface area (Å²) in [6, 6.07) is 5.14. The van der Waals surface area contributed by atoms with Crippen LogP contribution in [0.1, 0.15) is 0 Å². The van der Waals surface area contributed by atoms with E-state index in [1.807, 2.05) is 0 Å². The van der Waals surface area contributed by atoms with Gasteiger partial charge in [-0.1, -0.05) is 12.1 Å². The van der Waals surface area contributed by atoms with E-state index in [-0.39, 0.29) is 4.90 Å². The lowest BCUT2D eigenvalue weighted by atomic mass is 10.3. The summed E-state index contributed by atoms with van der Waals surface area (Å²) >= 11 is 0. The third-order valence-corrected chi connectivity index (χ3v) is 5.05. The van der Waals surface area contributed by atoms with E-state index in [0.717, 1.165) is 12.6 Å². The molecule has 2 rings (SSSR count). The van der Waals surface area contributed by atoms with E-state index in [1.54, 1.807) is 6.08 Å². The first-order chi connectivity index (χ1) is 9.04. The van der Waals surface area contributed by atoms with E-state index in [1.165, 1.54) is 22.5 Å². The van der Waals surface area contributed by atoms with E-state index >= 15 is 0 Å². The van der Waals surface area contributed by atoms with Gasteiger partial charge in [-0.05, 0) is 18.2 Å². The highest BCUT2D eigenvalue weighted by Crippen LogP contribution is 2.18. The Kier molecular flexibility index (Phi) is 4.34. The number of rotatable bonds is 4. The van der Waals surface area contributed by atoms with E-state index < -0.39 is 15.8 Å². The Labute approximate surface area is 113 Å². The zero-order valence-corrected chi connectivity index (χ0v) is 11.4. The van der Waals surface area contributed by atoms with Crippen LogP contribution in [0.2, 0.25) is 0 Å². The summed E-state index contributed by atoms with van der Waals surface area (Å²) in [5.74, 6) is -0.536. The van der Waals surface area contributed by atoms with Gasteiger partial charge in [-0.2, -0.15) is 4.31 Å². The number of hydrogen-bond donors (Lipinski definition) is 0. The van der Waals surface area contributed by atoms with Crippen LogP contribution in [-0.4, -0.2) is 50.3 Å². The highest BCUT2D eigenvalue weighted by atomic mass is 32.2. The Morgan fingerprint density at radius 3 is 2.53 bits per heavy atom. The second kappa shape index (κ2) is 5.81. The molecule has 0 bridgehead atoms. The Morgan fingerprint density at radius 2 is 1.95 bits per heavy atom. The average molecular weight is 284 g/mol. The van der Waals surface area contributed by atoms with Crippen molar-refractivity contribution in [1.82, 2.24) is 9.21 Å². The molecule has 1 heterocycles. The molecular formula is C13H17FN2O2S. The van der Waals surface area contributed by atoms with Gasteiger partial charge in [0.25, 0.3) is 0 Å². The quantitative estimate of drug-likeness (QED) is 0.783. The van der Waals surface area contributed by atoms with Gasteiger partial charge in [-0.15, -0.1) is 6.58 Å². The van der Waals surface area contributed by atoms with Crippen LogP contribution in [0.15, 0.2) is 41.8 Å². The highest BCUT2D eigenvalue weighted by molar-refractivity contribution is 7.89. The van der Waals surface area contributed by atoms with E-state index in [9.17, 15) is 12.8 Å². The first-order valence-corrected chi connectivity index (χ1v) is 7.57. The summed E-state index contributed by atoms with van der Waals surface area (Å²) < 4.78 is 39.2. The fourth-order valence-corrected chi connectivity index (χ4v) is 3.57. The molecule has 0 N–H and O–H groups in total. The lowest BCUT2D eigenvalue weighted by Crippen LogP contribution is -2.48. The van der Waals surface area contributed by atoms with Crippen molar-refractivity contribution in [3.05, 3.63) is 42.7 Å². The molecule has 0 aromatic heterocycles. The molecule has 6 heteroatoms. The molecule has 0 saturated carbocycles. The molecule has 0 unspecified atom stereocenters. The van der Waals surface area contributed by atoms with Crippen LogP contribution in [-0.2, 0) is 10.0 Å². The van der Waals surface area contributed by atoms with Crippen LogP contribution < -0.4 is 0 Å². The standard InChI is InChI=1S/C13H17FN2O2S/c1-2-6-15-7-9-16(10-8-15)19(17,18)13-5-3-4-12(14)11-13/h2-5,11H,1,6-10H2. The van der Waals surface area contributed by atoms with Gasteiger partial charge in [0.15, 0.2) is 0 Å². The molecule has 0 aliphatic carbocycles. The smallest absolute Gasteiger partial charge is 0.243 e. The Morgan fingerprint density at radius 1 is 1.26 bits per heavy atom. The number of sulfonamides is 1. The maximum absolute atomic E-state index is 13.1. The zero-order chi connectivity index (χ0) is 13.9. The molecule has 1 aliphatic heterocycles. The predicted octanol–water partition coefficient (Wildman–Crippen LogP) is 1.32. The predicted molar refractivity (Wildman–Crippen MR) is 71.8 cm³/mol. The SMILES string of the molecule is C=CCN1CCN(S(=O)(=O)c2cccc(F)c2)CC1. The second-order valence-electron chi connectivity index (χ2n) is 4.45. The third kappa shape index (κ3) is 3.20. The van der Waals surface area contributed by atoms with Crippen LogP contribution in [0.4, 0.5) is 4.39 Å². The van der Waals surface area contributed by atoms with Crippen molar-refractivity contribution >= 4 is 10.0 Å². The van der Waals surface area contributed by atoms with Gasteiger partial charge in [0.05, 0.1) is 4.90 Å². The average Bonchev–Trinajstić information content (AvgIpc) is 2.40. The minimum absolute atomic E-state index is 0.0182. The van der Waals surface area contributed by atoms with Crippen molar-refractivity contribution in [3.8, 4) is 0 Å². The summed E-state index contributed by atoms with van der Waals surface area (Å²) in [7, 11) is -3.58. The molecule has 1 fully saturated rings. The molecule has 19 heavy (non-hydrogen) atoms. The monoisotopic (exact) mass is 284 g/mol. The molecule has 1 saturated heterocycles. The van der Waals surface area contributed by atoms with Gasteiger partial charge in [0.1, 0.15) is 5.82 Å². The largest absolute Gasteiger partial charge is 0.297 e. The number of hydrogen-bond acceptors (Lipinski definition) is 3. The van der Waals surface area contributed by atoms with Gasteiger partial charge >= 0.3 is 0 Å². The number of piperazine rings is 1. The summed E-state index contributed by atoms with van der Waals surface area (Å²) in [5, 5.41) is 0. The summed E-state index contributed by atoms with van der Waals surface area (Å²) in [6.45, 7) is 6.60. The van der Waals surface area contributed by atoms with E-state index in [0.29, 0.717) is 26.2 Å². The lowest BCUT2D eigenvalue weighted by molar-refractivity contribution is 0.204. The van der Waals surface area contributed by atoms with Crippen LogP contribution >= 0.6 is 0 Å². The minimum Gasteiger partial charge on any atom is -0.297 e. The maximum atomic E-state index is 13.1. The van der Waals surface area contributed by atoms with Crippen molar-refractivity contribution in [2.45, 2.75) is 4.90 Å². The third-order valence-electron chi connectivity index (χ3n) is 3.15. The van der Waals surface area contributed by atoms with Gasteiger partial charge in [-0.3, -0.25) is 4.90 Å². The molecule has 104 valence electrons. The molecule has 1 aromatic carbocycles. The summed E-state index contributed by atoms with van der Waals surface area (Å²) in [4.78, 5) is 2.15. The number of benzene rings is 1. The Hall–Kier alpha value is -1.24. The maximum Gasteiger partial charge on any atom is 0.243 e. The number of halogens is 1. The summed E-state index contributed by atoms with van der Waals surface area (Å²) in [6.07, 6.45) is 1.80. The lowest BCUT2D eigenvalue weighted by Gasteiger charge is -2.33. The fourth-order valence-electron chi connectivity index (χ4n) is 2.11. The topological polar surface area (TPSA) is 40.6 Å². The Bertz CT molecular complexity index is 552. The van der Waals surface area contributed by atoms with Crippen molar-refractivity contribution in [1.29, 1.82) is 0 Å². The minimum atomic E-state index is -3.58. The van der Waals surface area contributed by atoms with Crippen molar-refractivity contribution in [3.63, 3.8) is 0 Å². The van der Waals surface area contributed by atoms with Crippen LogP contribution in [0.25, 0.3) is 0 Å². The zero-order valence-electron chi connectivity index (χ0n) is 10.6. The second-order valence-corrected chi connectivity index (χ2v) is 6.39. The van der Waals surface area contributed by atoms with Crippen LogP contribution in [0.5, 0.6) is 0 Å². The molecule has 0 spiro atoms. The highest BCUT2D eigenvalue weighted by Gasteiger charge is 2.28.